The van der Waals surface area contributed by atoms with Crippen LogP contribution in [0.3, 0.4) is 0 Å². The first-order valence-corrected chi connectivity index (χ1v) is 5.39. The van der Waals surface area contributed by atoms with Crippen LogP contribution >= 0.6 is 0 Å². The molecule has 4 nitrogen and oxygen atoms in total. The molecular formula is C13H15NO3. The maximum atomic E-state index is 11.3. The number of carbonyl (C=O) groups excluding carboxylic acids is 1. The van der Waals surface area contributed by atoms with Crippen molar-refractivity contribution < 1.29 is 14.6 Å². The third-order valence-electron chi connectivity index (χ3n) is 3.07. The van der Waals surface area contributed by atoms with Crippen molar-refractivity contribution in [3.8, 4) is 0 Å². The zero-order valence-corrected chi connectivity index (χ0v) is 10.1. The van der Waals surface area contributed by atoms with E-state index in [0.717, 1.165) is 22.2 Å². The zero-order chi connectivity index (χ0) is 12.6. The van der Waals surface area contributed by atoms with Crippen molar-refractivity contribution in [2.75, 3.05) is 7.11 Å². The minimum absolute atomic E-state index is 0.548. The van der Waals surface area contributed by atoms with E-state index in [9.17, 15) is 9.90 Å². The fourth-order valence-corrected chi connectivity index (χ4v) is 1.90. The van der Waals surface area contributed by atoms with Gasteiger partial charge in [0.2, 0.25) is 0 Å². The van der Waals surface area contributed by atoms with E-state index in [0.29, 0.717) is 5.56 Å². The van der Waals surface area contributed by atoms with Crippen LogP contribution in [0.2, 0.25) is 0 Å². The topological polar surface area (TPSA) is 62.3 Å². The number of hydrogen-bond donors (Lipinski definition) is 2. The summed E-state index contributed by atoms with van der Waals surface area (Å²) in [6, 6.07) is 5.39. The third-order valence-corrected chi connectivity index (χ3v) is 3.07. The Hall–Kier alpha value is -1.81. The highest BCUT2D eigenvalue weighted by Gasteiger charge is 2.18. The number of esters is 1. The average Bonchev–Trinajstić information content (AvgIpc) is 2.63. The van der Waals surface area contributed by atoms with Crippen molar-refractivity contribution in [3.05, 3.63) is 35.0 Å². The molecule has 0 spiro atoms. The van der Waals surface area contributed by atoms with Crippen LogP contribution in [-0.2, 0) is 9.53 Å². The standard InChI is InChI=1S/C13H15NO3/c1-7-8(2)14-11-5-4-9(6-10(7)11)12(15)13(16)17-3/h4-6,12,14-15H,1-3H3. The van der Waals surface area contributed by atoms with E-state index in [1.807, 2.05) is 26.0 Å². The number of nitrogens with one attached hydrogen (secondary N) is 1. The molecular weight excluding hydrogens is 218 g/mol. The van der Waals surface area contributed by atoms with E-state index in [4.69, 9.17) is 0 Å². The lowest BCUT2D eigenvalue weighted by atomic mass is 10.1. The van der Waals surface area contributed by atoms with Gasteiger partial charge in [-0.25, -0.2) is 4.79 Å². The molecule has 0 aliphatic carbocycles. The van der Waals surface area contributed by atoms with Gasteiger partial charge < -0.3 is 14.8 Å². The lowest BCUT2D eigenvalue weighted by Crippen LogP contribution is -2.13. The summed E-state index contributed by atoms with van der Waals surface area (Å²) in [5, 5.41) is 10.8. The molecule has 1 atom stereocenters. The Morgan fingerprint density at radius 1 is 1.41 bits per heavy atom. The van der Waals surface area contributed by atoms with Gasteiger partial charge in [0.1, 0.15) is 0 Å². The van der Waals surface area contributed by atoms with Gasteiger partial charge in [-0.1, -0.05) is 6.07 Å². The molecule has 0 radical (unpaired) electrons. The molecule has 1 unspecified atom stereocenters. The minimum atomic E-state index is -1.22. The molecule has 0 aliphatic heterocycles. The van der Waals surface area contributed by atoms with Crippen LogP contribution in [0.15, 0.2) is 18.2 Å². The number of aliphatic hydroxyl groups excluding tert-OH is 1. The molecule has 2 rings (SSSR count). The number of aromatic amines is 1. The second-order valence-electron chi connectivity index (χ2n) is 4.11. The summed E-state index contributed by atoms with van der Waals surface area (Å²) in [4.78, 5) is 14.5. The van der Waals surface area contributed by atoms with Gasteiger partial charge in [0.05, 0.1) is 7.11 Å². The van der Waals surface area contributed by atoms with Crippen molar-refractivity contribution >= 4 is 16.9 Å². The SMILES string of the molecule is COC(=O)C(O)c1ccc2[nH]c(C)c(C)c2c1. The number of rotatable bonds is 2. The monoisotopic (exact) mass is 233 g/mol. The molecule has 0 fully saturated rings. The first kappa shape index (κ1) is 11.7. The fraction of sp³-hybridized carbons (Fsp3) is 0.308. The highest BCUT2D eigenvalue weighted by Crippen LogP contribution is 2.25. The molecule has 0 saturated carbocycles. The summed E-state index contributed by atoms with van der Waals surface area (Å²) in [5.74, 6) is -0.644. The van der Waals surface area contributed by atoms with E-state index >= 15 is 0 Å². The van der Waals surface area contributed by atoms with Crippen LogP contribution in [0.5, 0.6) is 0 Å². The predicted octanol–water partition coefficient (Wildman–Crippen LogP) is 1.99. The number of carbonyl (C=O) groups is 1. The lowest BCUT2D eigenvalue weighted by molar-refractivity contribution is -0.150. The number of aliphatic hydroxyl groups is 1. The van der Waals surface area contributed by atoms with Crippen LogP contribution in [0.1, 0.15) is 22.9 Å². The largest absolute Gasteiger partial charge is 0.467 e. The molecule has 1 aromatic heterocycles. The van der Waals surface area contributed by atoms with Gasteiger partial charge in [-0.15, -0.1) is 0 Å². The van der Waals surface area contributed by atoms with Crippen LogP contribution in [-0.4, -0.2) is 23.2 Å². The Bertz CT molecular complexity index is 571. The Morgan fingerprint density at radius 3 is 2.76 bits per heavy atom. The molecule has 0 bridgehead atoms. The third kappa shape index (κ3) is 1.91. The van der Waals surface area contributed by atoms with Gasteiger partial charge >= 0.3 is 5.97 Å². The van der Waals surface area contributed by atoms with Crippen LogP contribution in [0.4, 0.5) is 0 Å². The van der Waals surface area contributed by atoms with Crippen molar-refractivity contribution in [1.82, 2.24) is 4.98 Å². The smallest absolute Gasteiger partial charge is 0.339 e. The quantitative estimate of drug-likeness (QED) is 0.780. The molecule has 1 aromatic carbocycles. The van der Waals surface area contributed by atoms with E-state index < -0.39 is 12.1 Å². The van der Waals surface area contributed by atoms with Gasteiger partial charge in [0, 0.05) is 16.6 Å². The van der Waals surface area contributed by atoms with E-state index in [1.165, 1.54) is 7.11 Å². The van der Waals surface area contributed by atoms with Crippen molar-refractivity contribution in [3.63, 3.8) is 0 Å². The number of methoxy groups -OCH3 is 1. The summed E-state index contributed by atoms with van der Waals surface area (Å²) in [5.41, 5.74) is 3.76. The van der Waals surface area contributed by atoms with Crippen LogP contribution < -0.4 is 0 Å². The molecule has 2 aromatic rings. The zero-order valence-electron chi connectivity index (χ0n) is 10.1. The fourth-order valence-electron chi connectivity index (χ4n) is 1.90. The lowest BCUT2D eigenvalue weighted by Gasteiger charge is -2.08. The van der Waals surface area contributed by atoms with Gasteiger partial charge in [0.15, 0.2) is 6.10 Å². The summed E-state index contributed by atoms with van der Waals surface area (Å²) in [7, 11) is 1.26. The number of hydrogen-bond acceptors (Lipinski definition) is 3. The predicted molar refractivity (Wildman–Crippen MR) is 64.7 cm³/mol. The number of aryl methyl sites for hydroxylation is 2. The molecule has 4 heteroatoms. The number of ether oxygens (including phenoxy) is 1. The molecule has 0 aliphatic rings. The summed E-state index contributed by atoms with van der Waals surface area (Å²) < 4.78 is 4.52. The molecule has 0 saturated heterocycles. The summed E-state index contributed by atoms with van der Waals surface area (Å²) in [6.07, 6.45) is -1.22. The number of fused-ring (bicyclic) bond motifs is 1. The van der Waals surface area contributed by atoms with Crippen molar-refractivity contribution in [2.24, 2.45) is 0 Å². The van der Waals surface area contributed by atoms with Gasteiger partial charge in [0.25, 0.3) is 0 Å². The maximum Gasteiger partial charge on any atom is 0.339 e. The van der Waals surface area contributed by atoms with E-state index in [2.05, 4.69) is 9.72 Å². The highest BCUT2D eigenvalue weighted by atomic mass is 16.5. The van der Waals surface area contributed by atoms with Gasteiger partial charge in [-0.3, -0.25) is 0 Å². The Kier molecular flexibility index (Phi) is 2.90. The van der Waals surface area contributed by atoms with Crippen molar-refractivity contribution in [2.45, 2.75) is 20.0 Å². The Labute approximate surface area is 99.2 Å². The molecule has 0 amide bonds. The number of benzene rings is 1. The summed E-state index contributed by atoms with van der Waals surface area (Å²) >= 11 is 0. The normalized spacial score (nSPS) is 12.7. The molecule has 90 valence electrons. The number of H-pyrrole nitrogens is 1. The first-order valence-electron chi connectivity index (χ1n) is 5.39. The molecule has 2 N–H and O–H groups in total. The maximum absolute atomic E-state index is 11.3. The van der Waals surface area contributed by atoms with Gasteiger partial charge in [-0.05, 0) is 37.1 Å². The molecule has 17 heavy (non-hydrogen) atoms. The Balaban J connectivity index is 2.50. The first-order chi connectivity index (χ1) is 8.04. The van der Waals surface area contributed by atoms with E-state index in [-0.39, 0.29) is 0 Å². The second-order valence-corrected chi connectivity index (χ2v) is 4.11. The minimum Gasteiger partial charge on any atom is -0.467 e. The average molecular weight is 233 g/mol. The second kappa shape index (κ2) is 4.22. The van der Waals surface area contributed by atoms with Crippen LogP contribution in [0, 0.1) is 13.8 Å². The van der Waals surface area contributed by atoms with Gasteiger partial charge in [-0.2, -0.15) is 0 Å². The van der Waals surface area contributed by atoms with Crippen molar-refractivity contribution in [1.29, 1.82) is 0 Å². The Morgan fingerprint density at radius 2 is 2.12 bits per heavy atom. The number of aromatic nitrogens is 1. The molecule has 1 heterocycles. The van der Waals surface area contributed by atoms with E-state index in [1.54, 1.807) is 6.07 Å². The summed E-state index contributed by atoms with van der Waals surface area (Å²) in [6.45, 7) is 3.99. The van der Waals surface area contributed by atoms with Crippen LogP contribution in [0.25, 0.3) is 10.9 Å². The highest BCUT2D eigenvalue weighted by molar-refractivity contribution is 5.86.